The maximum Gasteiger partial charge on any atom is 0.137 e. The minimum atomic E-state index is 0.617. The van der Waals surface area contributed by atoms with E-state index in [1.165, 1.54) is 0 Å². The number of nitriles is 1. The van der Waals surface area contributed by atoms with Gasteiger partial charge in [0.05, 0.1) is 23.5 Å². The average molecular weight is 285 g/mol. The molecule has 0 atom stereocenters. The van der Waals surface area contributed by atoms with Crippen molar-refractivity contribution >= 4 is 11.0 Å². The van der Waals surface area contributed by atoms with Crippen molar-refractivity contribution in [2.45, 2.75) is 0 Å². The van der Waals surface area contributed by atoms with Gasteiger partial charge in [-0.05, 0) is 35.9 Å². The van der Waals surface area contributed by atoms with Gasteiger partial charge in [-0.1, -0.05) is 6.07 Å². The van der Waals surface area contributed by atoms with Gasteiger partial charge >= 0.3 is 0 Å². The van der Waals surface area contributed by atoms with Crippen molar-refractivity contribution in [3.05, 3.63) is 66.7 Å². The van der Waals surface area contributed by atoms with Gasteiger partial charge in [0.1, 0.15) is 5.65 Å². The van der Waals surface area contributed by atoms with E-state index in [0.717, 1.165) is 27.8 Å². The fourth-order valence-electron chi connectivity index (χ4n) is 2.53. The molecule has 0 bridgehead atoms. The van der Waals surface area contributed by atoms with Gasteiger partial charge in [-0.2, -0.15) is 10.4 Å². The SMILES string of the molecule is N#Cc1cccc(-n2cc(-c3ccnc4[nH]ccc34)cn2)c1. The van der Waals surface area contributed by atoms with Crippen molar-refractivity contribution in [1.29, 1.82) is 5.26 Å². The van der Waals surface area contributed by atoms with E-state index in [2.05, 4.69) is 21.1 Å². The maximum absolute atomic E-state index is 9.00. The van der Waals surface area contributed by atoms with E-state index < -0.39 is 0 Å². The number of aromatic amines is 1. The van der Waals surface area contributed by atoms with Crippen LogP contribution in [0.15, 0.2) is 61.2 Å². The Morgan fingerprint density at radius 2 is 2.14 bits per heavy atom. The maximum atomic E-state index is 9.00. The molecule has 1 N–H and O–H groups in total. The highest BCUT2D eigenvalue weighted by atomic mass is 15.3. The van der Waals surface area contributed by atoms with Crippen molar-refractivity contribution in [2.75, 3.05) is 0 Å². The minimum Gasteiger partial charge on any atom is -0.346 e. The van der Waals surface area contributed by atoms with Gasteiger partial charge < -0.3 is 4.98 Å². The molecule has 22 heavy (non-hydrogen) atoms. The molecule has 0 fully saturated rings. The van der Waals surface area contributed by atoms with Crippen molar-refractivity contribution in [1.82, 2.24) is 19.7 Å². The number of H-pyrrole nitrogens is 1. The molecule has 3 heterocycles. The first kappa shape index (κ1) is 12.4. The monoisotopic (exact) mass is 285 g/mol. The normalized spacial score (nSPS) is 10.7. The second-order valence-electron chi connectivity index (χ2n) is 4.93. The molecule has 1 aromatic carbocycles. The van der Waals surface area contributed by atoms with Crippen LogP contribution in [0.1, 0.15) is 5.56 Å². The number of fused-ring (bicyclic) bond motifs is 1. The smallest absolute Gasteiger partial charge is 0.137 e. The molecule has 0 aliphatic rings. The predicted octanol–water partition coefficient (Wildman–Crippen LogP) is 3.29. The largest absolute Gasteiger partial charge is 0.346 e. The molecule has 3 aromatic heterocycles. The van der Waals surface area contributed by atoms with E-state index in [0.29, 0.717) is 5.56 Å². The van der Waals surface area contributed by atoms with Gasteiger partial charge in [0.15, 0.2) is 0 Å². The molecule has 0 amide bonds. The zero-order valence-electron chi connectivity index (χ0n) is 11.6. The third kappa shape index (κ3) is 1.95. The predicted molar refractivity (Wildman–Crippen MR) is 83.4 cm³/mol. The van der Waals surface area contributed by atoms with Crippen LogP contribution in [-0.2, 0) is 0 Å². The highest BCUT2D eigenvalue weighted by Crippen LogP contribution is 2.27. The molecule has 0 saturated carbocycles. The van der Waals surface area contributed by atoms with Crippen molar-refractivity contribution in [2.24, 2.45) is 0 Å². The van der Waals surface area contributed by atoms with Crippen LogP contribution in [0.4, 0.5) is 0 Å². The van der Waals surface area contributed by atoms with Gasteiger partial charge in [0, 0.05) is 29.5 Å². The Kier molecular flexibility index (Phi) is 2.73. The summed E-state index contributed by atoms with van der Waals surface area (Å²) in [4.78, 5) is 7.41. The quantitative estimate of drug-likeness (QED) is 0.614. The van der Waals surface area contributed by atoms with Crippen molar-refractivity contribution < 1.29 is 0 Å². The van der Waals surface area contributed by atoms with E-state index in [9.17, 15) is 0 Å². The first-order valence-electron chi connectivity index (χ1n) is 6.83. The van der Waals surface area contributed by atoms with E-state index >= 15 is 0 Å². The molecule has 0 spiro atoms. The van der Waals surface area contributed by atoms with Crippen LogP contribution in [0.25, 0.3) is 27.8 Å². The molecule has 0 aliphatic heterocycles. The Labute approximate surface area is 126 Å². The van der Waals surface area contributed by atoms with Gasteiger partial charge in [-0.15, -0.1) is 0 Å². The zero-order chi connectivity index (χ0) is 14.9. The summed E-state index contributed by atoms with van der Waals surface area (Å²) in [6.07, 6.45) is 7.43. The fourth-order valence-corrected chi connectivity index (χ4v) is 2.53. The summed E-state index contributed by atoms with van der Waals surface area (Å²) in [5, 5.41) is 14.5. The summed E-state index contributed by atoms with van der Waals surface area (Å²) in [5.41, 5.74) is 4.43. The summed E-state index contributed by atoms with van der Waals surface area (Å²) < 4.78 is 1.77. The second-order valence-corrected chi connectivity index (χ2v) is 4.93. The lowest BCUT2D eigenvalue weighted by molar-refractivity contribution is 0.880. The van der Waals surface area contributed by atoms with Crippen LogP contribution in [-0.4, -0.2) is 19.7 Å². The number of aromatic nitrogens is 4. The standard InChI is InChI=1S/C17H11N5/c18-9-12-2-1-3-14(8-12)22-11-13(10-21-22)15-4-6-19-17-16(15)5-7-20-17/h1-8,10-11H,(H,19,20). The number of nitrogens with one attached hydrogen (secondary N) is 1. The summed E-state index contributed by atoms with van der Waals surface area (Å²) in [6.45, 7) is 0. The van der Waals surface area contributed by atoms with Crippen LogP contribution in [0.5, 0.6) is 0 Å². The lowest BCUT2D eigenvalue weighted by atomic mass is 10.1. The summed E-state index contributed by atoms with van der Waals surface area (Å²) in [7, 11) is 0. The van der Waals surface area contributed by atoms with Crippen molar-refractivity contribution in [3.63, 3.8) is 0 Å². The van der Waals surface area contributed by atoms with Crippen LogP contribution >= 0.6 is 0 Å². The Morgan fingerprint density at radius 3 is 3.05 bits per heavy atom. The third-order valence-electron chi connectivity index (χ3n) is 3.59. The molecule has 4 rings (SSSR count). The van der Waals surface area contributed by atoms with E-state index in [1.54, 1.807) is 16.9 Å². The number of nitrogens with zero attached hydrogens (tertiary/aromatic N) is 4. The molecule has 4 aromatic rings. The molecule has 5 nitrogen and oxygen atoms in total. The van der Waals surface area contributed by atoms with Crippen LogP contribution in [0, 0.1) is 11.3 Å². The lowest BCUT2D eigenvalue weighted by Crippen LogP contribution is -1.94. The highest BCUT2D eigenvalue weighted by Gasteiger charge is 2.08. The molecule has 0 aliphatic carbocycles. The Morgan fingerprint density at radius 1 is 1.18 bits per heavy atom. The van der Waals surface area contributed by atoms with Gasteiger partial charge in [0.2, 0.25) is 0 Å². The molecule has 0 radical (unpaired) electrons. The molecular weight excluding hydrogens is 274 g/mol. The van der Waals surface area contributed by atoms with Gasteiger partial charge in [0.25, 0.3) is 0 Å². The molecule has 0 unspecified atom stereocenters. The first-order valence-corrected chi connectivity index (χ1v) is 6.83. The summed E-state index contributed by atoms with van der Waals surface area (Å²) in [6, 6.07) is 13.5. The fraction of sp³-hybridized carbons (Fsp3) is 0. The van der Waals surface area contributed by atoms with E-state index in [4.69, 9.17) is 5.26 Å². The number of benzene rings is 1. The Hall–Kier alpha value is -3.39. The number of hydrogen-bond donors (Lipinski definition) is 1. The van der Waals surface area contributed by atoms with Crippen LogP contribution in [0.3, 0.4) is 0 Å². The first-order chi connectivity index (χ1) is 10.8. The summed E-state index contributed by atoms with van der Waals surface area (Å²) in [5.74, 6) is 0. The topological polar surface area (TPSA) is 70.3 Å². The molecule has 5 heteroatoms. The van der Waals surface area contributed by atoms with Gasteiger partial charge in [-0.3, -0.25) is 0 Å². The van der Waals surface area contributed by atoms with E-state index in [1.807, 2.05) is 48.9 Å². The van der Waals surface area contributed by atoms with Crippen LogP contribution < -0.4 is 0 Å². The van der Waals surface area contributed by atoms with Gasteiger partial charge in [-0.25, -0.2) is 9.67 Å². The second kappa shape index (κ2) is 4.86. The Balaban J connectivity index is 1.81. The molecule has 0 saturated heterocycles. The zero-order valence-corrected chi connectivity index (χ0v) is 11.6. The Bertz CT molecular complexity index is 1000. The number of rotatable bonds is 2. The van der Waals surface area contributed by atoms with E-state index in [-0.39, 0.29) is 0 Å². The molecule has 104 valence electrons. The third-order valence-corrected chi connectivity index (χ3v) is 3.59. The van der Waals surface area contributed by atoms with Crippen molar-refractivity contribution in [3.8, 4) is 22.9 Å². The lowest BCUT2D eigenvalue weighted by Gasteiger charge is -2.01. The number of hydrogen-bond acceptors (Lipinski definition) is 3. The minimum absolute atomic E-state index is 0.617. The average Bonchev–Trinajstić information content (AvgIpc) is 3.23. The van der Waals surface area contributed by atoms with Crippen LogP contribution in [0.2, 0.25) is 0 Å². The number of pyridine rings is 1. The highest BCUT2D eigenvalue weighted by molar-refractivity contribution is 5.92. The summed E-state index contributed by atoms with van der Waals surface area (Å²) >= 11 is 0. The molecular formula is C17H11N5.